The molecule has 6 nitrogen and oxygen atoms in total. The first-order valence-electron chi connectivity index (χ1n) is 6.74. The standard InChI is InChI=1S/C14H17N5O/c20-8-2-1-6-19-13-3-4-15-9-12(13)17-14(19)10-18-7-5-16-11-18/h3-5,7,9,11,20H,1-2,6,8,10H2. The van der Waals surface area contributed by atoms with Gasteiger partial charge in [-0.1, -0.05) is 0 Å². The first kappa shape index (κ1) is 12.8. The number of fused-ring (bicyclic) bond motifs is 1. The molecule has 6 heteroatoms. The van der Waals surface area contributed by atoms with Gasteiger partial charge in [-0.15, -0.1) is 0 Å². The zero-order valence-corrected chi connectivity index (χ0v) is 11.2. The van der Waals surface area contributed by atoms with Gasteiger partial charge in [-0.05, 0) is 18.9 Å². The molecule has 0 fully saturated rings. The van der Waals surface area contributed by atoms with Gasteiger partial charge >= 0.3 is 0 Å². The Labute approximate surface area is 116 Å². The minimum atomic E-state index is 0.227. The van der Waals surface area contributed by atoms with E-state index in [1.54, 1.807) is 24.9 Å². The summed E-state index contributed by atoms with van der Waals surface area (Å²) in [6.45, 7) is 1.77. The molecule has 0 aromatic carbocycles. The lowest BCUT2D eigenvalue weighted by Crippen LogP contribution is -2.08. The van der Waals surface area contributed by atoms with Crippen LogP contribution in [0.1, 0.15) is 18.7 Å². The van der Waals surface area contributed by atoms with Crippen molar-refractivity contribution in [1.82, 2.24) is 24.1 Å². The van der Waals surface area contributed by atoms with E-state index in [2.05, 4.69) is 19.5 Å². The highest BCUT2D eigenvalue weighted by atomic mass is 16.2. The molecular weight excluding hydrogens is 254 g/mol. The van der Waals surface area contributed by atoms with E-state index in [0.717, 1.165) is 36.2 Å². The van der Waals surface area contributed by atoms with Crippen LogP contribution in [0.25, 0.3) is 11.0 Å². The van der Waals surface area contributed by atoms with Gasteiger partial charge < -0.3 is 14.2 Å². The summed E-state index contributed by atoms with van der Waals surface area (Å²) < 4.78 is 4.20. The van der Waals surface area contributed by atoms with E-state index in [1.807, 2.05) is 16.8 Å². The molecule has 104 valence electrons. The molecule has 0 bridgehead atoms. The van der Waals surface area contributed by atoms with E-state index < -0.39 is 0 Å². The second kappa shape index (κ2) is 5.83. The second-order valence-corrected chi connectivity index (χ2v) is 4.71. The predicted octanol–water partition coefficient (Wildman–Crippen LogP) is 1.45. The lowest BCUT2D eigenvalue weighted by atomic mass is 10.3. The van der Waals surface area contributed by atoms with E-state index in [9.17, 15) is 0 Å². The van der Waals surface area contributed by atoms with Crippen molar-refractivity contribution < 1.29 is 5.11 Å². The van der Waals surface area contributed by atoms with Gasteiger partial charge in [0.2, 0.25) is 0 Å². The number of aliphatic hydroxyl groups is 1. The minimum Gasteiger partial charge on any atom is -0.396 e. The van der Waals surface area contributed by atoms with Gasteiger partial charge in [0.1, 0.15) is 11.3 Å². The van der Waals surface area contributed by atoms with Crippen LogP contribution in [-0.2, 0) is 13.1 Å². The first-order valence-corrected chi connectivity index (χ1v) is 6.74. The molecule has 0 radical (unpaired) electrons. The normalized spacial score (nSPS) is 11.2. The van der Waals surface area contributed by atoms with Crippen LogP contribution >= 0.6 is 0 Å². The van der Waals surface area contributed by atoms with Gasteiger partial charge in [-0.25, -0.2) is 9.97 Å². The Kier molecular flexibility index (Phi) is 3.73. The molecule has 3 rings (SSSR count). The molecule has 0 amide bonds. The predicted molar refractivity (Wildman–Crippen MR) is 75.2 cm³/mol. The number of aryl methyl sites for hydroxylation is 1. The van der Waals surface area contributed by atoms with Crippen LogP contribution in [-0.4, -0.2) is 35.8 Å². The molecule has 20 heavy (non-hydrogen) atoms. The van der Waals surface area contributed by atoms with Crippen LogP contribution in [0, 0.1) is 0 Å². The van der Waals surface area contributed by atoms with Gasteiger partial charge in [0, 0.05) is 31.7 Å². The van der Waals surface area contributed by atoms with E-state index in [1.165, 1.54) is 0 Å². The molecule has 0 unspecified atom stereocenters. The smallest absolute Gasteiger partial charge is 0.130 e. The lowest BCUT2D eigenvalue weighted by molar-refractivity contribution is 0.281. The molecule has 0 atom stereocenters. The summed E-state index contributed by atoms with van der Waals surface area (Å²) in [6.07, 6.45) is 10.8. The van der Waals surface area contributed by atoms with E-state index in [0.29, 0.717) is 6.54 Å². The molecule has 1 N–H and O–H groups in total. The van der Waals surface area contributed by atoms with Crippen molar-refractivity contribution in [2.75, 3.05) is 6.61 Å². The summed E-state index contributed by atoms with van der Waals surface area (Å²) in [6, 6.07) is 1.98. The number of pyridine rings is 1. The van der Waals surface area contributed by atoms with Crippen molar-refractivity contribution in [3.05, 3.63) is 43.0 Å². The van der Waals surface area contributed by atoms with Gasteiger partial charge in [-0.2, -0.15) is 0 Å². The number of nitrogens with zero attached hydrogens (tertiary/aromatic N) is 5. The highest BCUT2D eigenvalue weighted by molar-refractivity contribution is 5.74. The van der Waals surface area contributed by atoms with Crippen LogP contribution in [0.15, 0.2) is 37.2 Å². The highest BCUT2D eigenvalue weighted by Gasteiger charge is 2.10. The third-order valence-corrected chi connectivity index (χ3v) is 3.30. The molecule has 0 aliphatic rings. The Hall–Kier alpha value is -2.21. The van der Waals surface area contributed by atoms with Crippen LogP contribution < -0.4 is 0 Å². The number of imidazole rings is 2. The average Bonchev–Trinajstić information content (AvgIpc) is 3.08. The molecule has 3 heterocycles. The number of rotatable bonds is 6. The quantitative estimate of drug-likeness (QED) is 0.689. The number of unbranched alkanes of at least 4 members (excludes halogenated alkanes) is 1. The SMILES string of the molecule is OCCCCn1c(Cn2ccnc2)nc2cnccc21. The summed E-state index contributed by atoms with van der Waals surface area (Å²) in [5, 5.41) is 8.94. The Balaban J connectivity index is 1.94. The zero-order chi connectivity index (χ0) is 13.8. The zero-order valence-electron chi connectivity index (χ0n) is 11.2. The molecule has 0 spiro atoms. The van der Waals surface area contributed by atoms with Crippen molar-refractivity contribution in [1.29, 1.82) is 0 Å². The molecule has 0 aliphatic carbocycles. The molecule has 3 aromatic heterocycles. The second-order valence-electron chi connectivity index (χ2n) is 4.71. The maximum atomic E-state index is 8.94. The van der Waals surface area contributed by atoms with Crippen molar-refractivity contribution >= 4 is 11.0 Å². The van der Waals surface area contributed by atoms with Crippen molar-refractivity contribution in [2.45, 2.75) is 25.9 Å². The maximum absolute atomic E-state index is 8.94. The number of hydrogen-bond acceptors (Lipinski definition) is 4. The van der Waals surface area contributed by atoms with Crippen LogP contribution in [0.5, 0.6) is 0 Å². The molecule has 0 saturated heterocycles. The fourth-order valence-corrected chi connectivity index (χ4v) is 2.33. The summed E-state index contributed by atoms with van der Waals surface area (Å²) in [7, 11) is 0. The summed E-state index contributed by atoms with van der Waals surface area (Å²) >= 11 is 0. The molecule has 0 saturated carbocycles. The fourth-order valence-electron chi connectivity index (χ4n) is 2.33. The first-order chi connectivity index (χ1) is 9.88. The van der Waals surface area contributed by atoms with E-state index in [4.69, 9.17) is 5.11 Å². The topological polar surface area (TPSA) is 68.8 Å². The van der Waals surface area contributed by atoms with Gasteiger partial charge in [0.15, 0.2) is 0 Å². The summed E-state index contributed by atoms with van der Waals surface area (Å²) in [5.74, 6) is 0.990. The van der Waals surface area contributed by atoms with Crippen molar-refractivity contribution in [3.8, 4) is 0 Å². The van der Waals surface area contributed by atoms with E-state index >= 15 is 0 Å². The van der Waals surface area contributed by atoms with Crippen LogP contribution in [0.2, 0.25) is 0 Å². The average molecular weight is 271 g/mol. The third kappa shape index (κ3) is 2.55. The van der Waals surface area contributed by atoms with E-state index in [-0.39, 0.29) is 6.61 Å². The molecular formula is C14H17N5O. The summed E-state index contributed by atoms with van der Waals surface area (Å²) in [4.78, 5) is 12.8. The Bertz CT molecular complexity index is 674. The Morgan fingerprint density at radius 3 is 2.90 bits per heavy atom. The Morgan fingerprint density at radius 2 is 2.10 bits per heavy atom. The van der Waals surface area contributed by atoms with Crippen LogP contribution in [0.4, 0.5) is 0 Å². The van der Waals surface area contributed by atoms with Gasteiger partial charge in [0.25, 0.3) is 0 Å². The van der Waals surface area contributed by atoms with Crippen molar-refractivity contribution in [2.24, 2.45) is 0 Å². The third-order valence-electron chi connectivity index (χ3n) is 3.30. The number of aliphatic hydroxyl groups excluding tert-OH is 1. The minimum absolute atomic E-state index is 0.227. The maximum Gasteiger partial charge on any atom is 0.130 e. The number of aromatic nitrogens is 5. The van der Waals surface area contributed by atoms with Crippen molar-refractivity contribution in [3.63, 3.8) is 0 Å². The number of hydrogen-bond donors (Lipinski definition) is 1. The monoisotopic (exact) mass is 271 g/mol. The molecule has 0 aliphatic heterocycles. The largest absolute Gasteiger partial charge is 0.396 e. The Morgan fingerprint density at radius 1 is 1.15 bits per heavy atom. The van der Waals surface area contributed by atoms with Gasteiger partial charge in [0.05, 0.1) is 24.6 Å². The van der Waals surface area contributed by atoms with Crippen LogP contribution in [0.3, 0.4) is 0 Å². The van der Waals surface area contributed by atoms with Gasteiger partial charge in [-0.3, -0.25) is 4.98 Å². The summed E-state index contributed by atoms with van der Waals surface area (Å²) in [5.41, 5.74) is 2.00. The fraction of sp³-hybridized carbons (Fsp3) is 0.357. The highest BCUT2D eigenvalue weighted by Crippen LogP contribution is 2.16. The molecule has 3 aromatic rings. The lowest BCUT2D eigenvalue weighted by Gasteiger charge is -2.09.